The minimum absolute atomic E-state index is 0.0491. The number of terminal acetylenes is 1. The second-order valence-corrected chi connectivity index (χ2v) is 3.74. The van der Waals surface area contributed by atoms with Gasteiger partial charge in [-0.1, -0.05) is 20.8 Å². The molecule has 0 spiro atoms. The number of hydrogen-bond donors (Lipinski definition) is 1. The highest BCUT2D eigenvalue weighted by atomic mass is 16.1. The number of carbonyl (C=O) groups excluding carboxylic acids is 1. The molecular formula is C9H15NO. The van der Waals surface area contributed by atoms with Gasteiger partial charge in [-0.25, -0.2) is 0 Å². The van der Waals surface area contributed by atoms with Gasteiger partial charge in [-0.05, 0) is 11.3 Å². The summed E-state index contributed by atoms with van der Waals surface area (Å²) < 4.78 is 0. The lowest BCUT2D eigenvalue weighted by atomic mass is 9.85. The first-order valence-electron chi connectivity index (χ1n) is 3.63. The molecule has 0 saturated heterocycles. The molecular weight excluding hydrogens is 138 g/mol. The molecule has 0 fully saturated rings. The highest BCUT2D eigenvalue weighted by Gasteiger charge is 2.22. The maximum Gasteiger partial charge on any atom is 0.206 e. The Morgan fingerprint density at radius 2 is 2.09 bits per heavy atom. The van der Waals surface area contributed by atoms with Crippen molar-refractivity contribution in [1.29, 1.82) is 0 Å². The van der Waals surface area contributed by atoms with Gasteiger partial charge in [0.1, 0.15) is 0 Å². The van der Waals surface area contributed by atoms with Crippen LogP contribution in [0.15, 0.2) is 0 Å². The number of Topliss-reactive ketones (excluding diaryl/α,β-unsaturated/α-hetero) is 1. The highest BCUT2D eigenvalue weighted by Crippen LogP contribution is 2.19. The zero-order valence-corrected chi connectivity index (χ0v) is 7.35. The molecule has 1 atom stereocenters. The van der Waals surface area contributed by atoms with E-state index in [4.69, 9.17) is 12.2 Å². The van der Waals surface area contributed by atoms with Crippen LogP contribution in [0.25, 0.3) is 0 Å². The van der Waals surface area contributed by atoms with Crippen molar-refractivity contribution < 1.29 is 4.79 Å². The van der Waals surface area contributed by atoms with Gasteiger partial charge in [0, 0.05) is 12.5 Å². The van der Waals surface area contributed by atoms with Crippen molar-refractivity contribution in [3.8, 4) is 12.3 Å². The van der Waals surface area contributed by atoms with E-state index in [2.05, 4.69) is 0 Å². The highest BCUT2D eigenvalue weighted by molar-refractivity contribution is 5.95. The van der Waals surface area contributed by atoms with E-state index < -0.39 is 0 Å². The van der Waals surface area contributed by atoms with E-state index in [1.54, 1.807) is 0 Å². The minimum atomic E-state index is -0.215. The number of carbonyl (C=O) groups is 1. The Morgan fingerprint density at radius 3 is 2.36 bits per heavy atom. The average Bonchev–Trinajstić information content (AvgIpc) is 1.85. The van der Waals surface area contributed by atoms with Crippen molar-refractivity contribution in [2.24, 2.45) is 11.1 Å². The summed E-state index contributed by atoms with van der Waals surface area (Å²) in [7, 11) is 0. The van der Waals surface area contributed by atoms with E-state index in [9.17, 15) is 4.79 Å². The fourth-order valence-electron chi connectivity index (χ4n) is 0.565. The van der Waals surface area contributed by atoms with E-state index >= 15 is 0 Å². The van der Waals surface area contributed by atoms with Crippen LogP contribution < -0.4 is 5.73 Å². The lowest BCUT2D eigenvalue weighted by Crippen LogP contribution is -2.36. The van der Waals surface area contributed by atoms with Gasteiger partial charge >= 0.3 is 0 Å². The van der Waals surface area contributed by atoms with Gasteiger partial charge in [0.2, 0.25) is 5.78 Å². The fourth-order valence-corrected chi connectivity index (χ4v) is 0.565. The third-order valence-electron chi connectivity index (χ3n) is 1.68. The van der Waals surface area contributed by atoms with Crippen LogP contribution in [0.4, 0.5) is 0 Å². The third-order valence-corrected chi connectivity index (χ3v) is 1.68. The average molecular weight is 153 g/mol. The van der Waals surface area contributed by atoms with Gasteiger partial charge in [-0.2, -0.15) is 0 Å². The first kappa shape index (κ1) is 10.2. The van der Waals surface area contributed by atoms with Gasteiger partial charge in [0.05, 0.1) is 0 Å². The topological polar surface area (TPSA) is 43.1 Å². The smallest absolute Gasteiger partial charge is 0.206 e. The second kappa shape index (κ2) is 3.54. The molecule has 0 rings (SSSR count). The van der Waals surface area contributed by atoms with Crippen LogP contribution in [0.1, 0.15) is 27.2 Å². The summed E-state index contributed by atoms with van der Waals surface area (Å²) in [6.45, 7) is 5.96. The van der Waals surface area contributed by atoms with E-state index in [0.717, 1.165) is 0 Å². The van der Waals surface area contributed by atoms with Crippen molar-refractivity contribution in [3.05, 3.63) is 0 Å². The zero-order valence-electron chi connectivity index (χ0n) is 7.35. The second-order valence-electron chi connectivity index (χ2n) is 3.74. The molecule has 2 N–H and O–H groups in total. The first-order valence-corrected chi connectivity index (χ1v) is 3.63. The van der Waals surface area contributed by atoms with E-state index in [1.807, 2.05) is 26.7 Å². The summed E-state index contributed by atoms with van der Waals surface area (Å²) in [5, 5.41) is 0. The van der Waals surface area contributed by atoms with Gasteiger partial charge in [0.15, 0.2) is 0 Å². The van der Waals surface area contributed by atoms with Crippen molar-refractivity contribution in [2.75, 3.05) is 0 Å². The summed E-state index contributed by atoms with van der Waals surface area (Å²) in [6.07, 6.45) is 5.19. The molecule has 0 aromatic rings. The summed E-state index contributed by atoms with van der Waals surface area (Å²) in [4.78, 5) is 10.8. The van der Waals surface area contributed by atoms with Gasteiger partial charge in [-0.15, -0.1) is 6.42 Å². The molecule has 0 radical (unpaired) electrons. The molecule has 11 heavy (non-hydrogen) atoms. The standard InChI is InChI=1S/C9H15NO/c1-5-7(11)6-8(10)9(2,3)4/h1,8H,6,10H2,2-4H3. The molecule has 0 aromatic carbocycles. The molecule has 2 nitrogen and oxygen atoms in total. The number of nitrogens with two attached hydrogens (primary N) is 1. The number of ketones is 1. The predicted molar refractivity (Wildman–Crippen MR) is 45.9 cm³/mol. The predicted octanol–water partition coefficient (Wildman–Crippen LogP) is 0.952. The van der Waals surface area contributed by atoms with Crippen LogP contribution in [0, 0.1) is 17.8 Å². The van der Waals surface area contributed by atoms with Crippen LogP contribution in [-0.4, -0.2) is 11.8 Å². The molecule has 1 unspecified atom stereocenters. The largest absolute Gasteiger partial charge is 0.327 e. The number of rotatable bonds is 2. The quantitative estimate of drug-likeness (QED) is 0.474. The molecule has 62 valence electrons. The molecule has 2 heteroatoms. The molecule has 0 saturated carbocycles. The van der Waals surface area contributed by atoms with Gasteiger partial charge in [-0.3, -0.25) is 4.79 Å². The Labute approximate surface area is 68.2 Å². The van der Waals surface area contributed by atoms with Crippen molar-refractivity contribution in [1.82, 2.24) is 0 Å². The summed E-state index contributed by atoms with van der Waals surface area (Å²) >= 11 is 0. The molecule has 0 heterocycles. The Balaban J connectivity index is 4.00. The summed E-state index contributed by atoms with van der Waals surface area (Å²) in [6, 6.07) is -0.147. The van der Waals surface area contributed by atoms with E-state index in [-0.39, 0.29) is 23.7 Å². The van der Waals surface area contributed by atoms with Crippen molar-refractivity contribution in [3.63, 3.8) is 0 Å². The Hall–Kier alpha value is -0.810. The minimum Gasteiger partial charge on any atom is -0.327 e. The van der Waals surface area contributed by atoms with E-state index in [0.29, 0.717) is 0 Å². The maximum absolute atomic E-state index is 10.8. The van der Waals surface area contributed by atoms with Gasteiger partial charge < -0.3 is 5.73 Å². The van der Waals surface area contributed by atoms with Crippen molar-refractivity contribution in [2.45, 2.75) is 33.2 Å². The van der Waals surface area contributed by atoms with Crippen LogP contribution >= 0.6 is 0 Å². The van der Waals surface area contributed by atoms with Crippen LogP contribution in [0.5, 0.6) is 0 Å². The third kappa shape index (κ3) is 3.79. The Kier molecular flexibility index (Phi) is 3.28. The molecule has 0 amide bonds. The molecule has 0 aromatic heterocycles. The molecule has 0 aliphatic carbocycles. The van der Waals surface area contributed by atoms with Crippen LogP contribution in [0.2, 0.25) is 0 Å². The first-order chi connectivity index (χ1) is 4.88. The maximum atomic E-state index is 10.8. The Morgan fingerprint density at radius 1 is 1.64 bits per heavy atom. The Bertz CT molecular complexity index is 183. The lowest BCUT2D eigenvalue weighted by Gasteiger charge is -2.25. The fraction of sp³-hybridized carbons (Fsp3) is 0.667. The SMILES string of the molecule is C#CC(=O)CC(N)C(C)(C)C. The van der Waals surface area contributed by atoms with E-state index in [1.165, 1.54) is 0 Å². The zero-order chi connectivity index (χ0) is 9.07. The summed E-state index contributed by atoms with van der Waals surface area (Å²) in [5.41, 5.74) is 5.66. The number of hydrogen-bond acceptors (Lipinski definition) is 2. The van der Waals surface area contributed by atoms with Crippen molar-refractivity contribution >= 4 is 5.78 Å². The molecule has 0 aliphatic rings. The lowest BCUT2D eigenvalue weighted by molar-refractivity contribution is -0.114. The van der Waals surface area contributed by atoms with Crippen LogP contribution in [0.3, 0.4) is 0 Å². The normalized spacial score (nSPS) is 13.7. The molecule has 0 bridgehead atoms. The molecule has 0 aliphatic heterocycles. The van der Waals surface area contributed by atoms with Crippen LogP contribution in [-0.2, 0) is 4.79 Å². The van der Waals surface area contributed by atoms with Gasteiger partial charge in [0.25, 0.3) is 0 Å². The monoisotopic (exact) mass is 153 g/mol. The summed E-state index contributed by atoms with van der Waals surface area (Å²) in [5.74, 6) is 1.83.